The van der Waals surface area contributed by atoms with Gasteiger partial charge in [-0.25, -0.2) is 4.90 Å². The van der Waals surface area contributed by atoms with E-state index in [0.29, 0.717) is 16.8 Å². The number of carbonyl (C=O) groups is 2. The number of anilines is 3. The van der Waals surface area contributed by atoms with E-state index in [1.54, 1.807) is 0 Å². The maximum atomic E-state index is 13.5. The van der Waals surface area contributed by atoms with Crippen molar-refractivity contribution >= 4 is 34.4 Å². The van der Waals surface area contributed by atoms with Gasteiger partial charge in [-0.15, -0.1) is 0 Å². The van der Waals surface area contributed by atoms with Gasteiger partial charge in [0, 0.05) is 25.5 Å². The maximum absolute atomic E-state index is 13.5. The number of rotatable bonds is 5. The van der Waals surface area contributed by atoms with Crippen molar-refractivity contribution in [1.29, 1.82) is 0 Å². The summed E-state index contributed by atoms with van der Waals surface area (Å²) in [6, 6.07) is 22.8. The predicted molar refractivity (Wildman–Crippen MR) is 126 cm³/mol. The molecular formula is C26H25N3O2. The van der Waals surface area contributed by atoms with Crippen LogP contribution in [0, 0.1) is 13.8 Å². The van der Waals surface area contributed by atoms with Crippen molar-refractivity contribution in [2.45, 2.75) is 13.8 Å². The van der Waals surface area contributed by atoms with Crippen LogP contribution in [-0.2, 0) is 9.59 Å². The van der Waals surface area contributed by atoms with E-state index < -0.39 is 0 Å². The molecular weight excluding hydrogens is 386 g/mol. The van der Waals surface area contributed by atoms with E-state index in [-0.39, 0.29) is 17.5 Å². The number of hydrogen-bond acceptors (Lipinski definition) is 4. The van der Waals surface area contributed by atoms with Gasteiger partial charge in [0.2, 0.25) is 0 Å². The third-order valence-electron chi connectivity index (χ3n) is 5.26. The normalized spacial score (nSPS) is 13.7. The van der Waals surface area contributed by atoms with E-state index in [1.807, 2.05) is 106 Å². The molecule has 0 bridgehead atoms. The van der Waals surface area contributed by atoms with Crippen molar-refractivity contribution in [3.05, 3.63) is 95.2 Å². The largest absolute Gasteiger partial charge is 0.378 e. The van der Waals surface area contributed by atoms with Crippen molar-refractivity contribution in [2.24, 2.45) is 0 Å². The van der Waals surface area contributed by atoms with Crippen molar-refractivity contribution in [3.63, 3.8) is 0 Å². The Morgan fingerprint density at radius 3 is 1.97 bits per heavy atom. The lowest BCUT2D eigenvalue weighted by atomic mass is 10.0. The smallest absolute Gasteiger partial charge is 0.282 e. The fraction of sp³-hybridized carbons (Fsp3) is 0.154. The van der Waals surface area contributed by atoms with Crippen molar-refractivity contribution in [2.75, 3.05) is 29.2 Å². The molecule has 0 radical (unpaired) electrons. The zero-order valence-electron chi connectivity index (χ0n) is 18.1. The molecule has 0 atom stereocenters. The molecule has 156 valence electrons. The fourth-order valence-electron chi connectivity index (χ4n) is 3.82. The average Bonchev–Trinajstić information content (AvgIpc) is 2.98. The SMILES string of the molecule is Cc1cc(C)cc(N2C(=O)C(Nc3ccc(N(C)C)cc3)=C(c3ccccc3)C2=O)c1. The van der Waals surface area contributed by atoms with Crippen LogP contribution in [0.2, 0.25) is 0 Å². The minimum Gasteiger partial charge on any atom is -0.378 e. The van der Waals surface area contributed by atoms with Gasteiger partial charge in [0.05, 0.1) is 11.3 Å². The van der Waals surface area contributed by atoms with Crippen LogP contribution in [0.5, 0.6) is 0 Å². The van der Waals surface area contributed by atoms with Crippen LogP contribution >= 0.6 is 0 Å². The molecule has 1 heterocycles. The summed E-state index contributed by atoms with van der Waals surface area (Å²) >= 11 is 0. The average molecular weight is 412 g/mol. The summed E-state index contributed by atoms with van der Waals surface area (Å²) < 4.78 is 0. The molecule has 31 heavy (non-hydrogen) atoms. The summed E-state index contributed by atoms with van der Waals surface area (Å²) in [5, 5.41) is 3.21. The van der Waals surface area contributed by atoms with E-state index >= 15 is 0 Å². The summed E-state index contributed by atoms with van der Waals surface area (Å²) in [6.45, 7) is 3.91. The lowest BCUT2D eigenvalue weighted by Gasteiger charge is -2.17. The van der Waals surface area contributed by atoms with Gasteiger partial charge in [-0.3, -0.25) is 9.59 Å². The Kier molecular flexibility index (Phi) is 5.34. The highest BCUT2D eigenvalue weighted by Crippen LogP contribution is 2.34. The number of amides is 2. The monoisotopic (exact) mass is 411 g/mol. The van der Waals surface area contributed by atoms with Crippen molar-refractivity contribution < 1.29 is 9.59 Å². The first-order valence-corrected chi connectivity index (χ1v) is 10.2. The van der Waals surface area contributed by atoms with Crippen LogP contribution in [-0.4, -0.2) is 25.9 Å². The third kappa shape index (κ3) is 3.94. The molecule has 5 heteroatoms. The first-order valence-electron chi connectivity index (χ1n) is 10.2. The highest BCUT2D eigenvalue weighted by molar-refractivity contribution is 6.46. The minimum atomic E-state index is -0.356. The van der Waals surface area contributed by atoms with Gasteiger partial charge in [0.25, 0.3) is 11.8 Å². The molecule has 0 fully saturated rings. The third-order valence-corrected chi connectivity index (χ3v) is 5.26. The minimum absolute atomic E-state index is 0.285. The summed E-state index contributed by atoms with van der Waals surface area (Å²) in [5.74, 6) is -0.681. The van der Waals surface area contributed by atoms with E-state index in [9.17, 15) is 9.59 Å². The molecule has 0 aliphatic carbocycles. The molecule has 5 nitrogen and oxygen atoms in total. The van der Waals surface area contributed by atoms with Gasteiger partial charge in [-0.05, 0) is 66.9 Å². The highest BCUT2D eigenvalue weighted by Gasteiger charge is 2.40. The van der Waals surface area contributed by atoms with Gasteiger partial charge < -0.3 is 10.2 Å². The molecule has 1 N–H and O–H groups in total. The highest BCUT2D eigenvalue weighted by atomic mass is 16.2. The zero-order chi connectivity index (χ0) is 22.1. The first kappa shape index (κ1) is 20.4. The Hall–Kier alpha value is -3.86. The Morgan fingerprint density at radius 2 is 1.39 bits per heavy atom. The first-order chi connectivity index (χ1) is 14.8. The standard InChI is InChI=1S/C26H25N3O2/c1-17-14-18(2)16-22(15-17)29-25(30)23(19-8-6-5-7-9-19)24(26(29)31)27-20-10-12-21(13-11-20)28(3)4/h5-16,27H,1-4H3. The molecule has 2 amide bonds. The summed E-state index contributed by atoms with van der Waals surface area (Å²) in [5.41, 5.74) is 5.75. The molecule has 3 aromatic carbocycles. The second kappa shape index (κ2) is 8.11. The van der Waals surface area contributed by atoms with Crippen LogP contribution in [0.3, 0.4) is 0 Å². The van der Waals surface area contributed by atoms with Gasteiger partial charge in [0.15, 0.2) is 0 Å². The molecule has 0 aromatic heterocycles. The lowest BCUT2D eigenvalue weighted by Crippen LogP contribution is -2.32. The molecule has 4 rings (SSSR count). The molecule has 3 aromatic rings. The van der Waals surface area contributed by atoms with E-state index in [0.717, 1.165) is 22.5 Å². The van der Waals surface area contributed by atoms with Crippen molar-refractivity contribution in [1.82, 2.24) is 0 Å². The van der Waals surface area contributed by atoms with Crippen LogP contribution in [0.1, 0.15) is 16.7 Å². The molecule has 0 saturated heterocycles. The molecule has 0 saturated carbocycles. The van der Waals surface area contributed by atoms with Crippen LogP contribution in [0.15, 0.2) is 78.5 Å². The lowest BCUT2D eigenvalue weighted by molar-refractivity contribution is -0.120. The quantitative estimate of drug-likeness (QED) is 0.615. The van der Waals surface area contributed by atoms with Gasteiger partial charge >= 0.3 is 0 Å². The predicted octanol–water partition coefficient (Wildman–Crippen LogP) is 4.77. The van der Waals surface area contributed by atoms with E-state index in [4.69, 9.17) is 0 Å². The Balaban J connectivity index is 1.78. The van der Waals surface area contributed by atoms with Gasteiger partial charge in [-0.2, -0.15) is 0 Å². The summed E-state index contributed by atoms with van der Waals surface area (Å²) in [4.78, 5) is 30.2. The number of imide groups is 1. The van der Waals surface area contributed by atoms with E-state index in [1.165, 1.54) is 4.90 Å². The Labute approximate surface area is 182 Å². The number of carbonyl (C=O) groups excluding carboxylic acids is 2. The van der Waals surface area contributed by atoms with E-state index in [2.05, 4.69) is 5.32 Å². The molecule has 1 aliphatic heterocycles. The number of nitrogens with zero attached hydrogens (tertiary/aromatic N) is 2. The fourth-order valence-corrected chi connectivity index (χ4v) is 3.82. The molecule has 1 aliphatic rings. The zero-order valence-corrected chi connectivity index (χ0v) is 18.1. The summed E-state index contributed by atoms with van der Waals surface area (Å²) in [6.07, 6.45) is 0. The van der Waals surface area contributed by atoms with Crippen LogP contribution < -0.4 is 15.1 Å². The van der Waals surface area contributed by atoms with Gasteiger partial charge in [-0.1, -0.05) is 36.4 Å². The van der Waals surface area contributed by atoms with Gasteiger partial charge in [0.1, 0.15) is 5.70 Å². The second-order valence-electron chi connectivity index (χ2n) is 7.97. The Morgan fingerprint density at radius 1 is 0.774 bits per heavy atom. The summed E-state index contributed by atoms with van der Waals surface area (Å²) in [7, 11) is 3.94. The molecule has 0 spiro atoms. The maximum Gasteiger partial charge on any atom is 0.282 e. The second-order valence-corrected chi connectivity index (χ2v) is 7.97. The number of aryl methyl sites for hydroxylation is 2. The Bertz CT molecular complexity index is 1160. The van der Waals surface area contributed by atoms with Crippen LogP contribution in [0.4, 0.5) is 17.1 Å². The number of nitrogens with one attached hydrogen (secondary N) is 1. The topological polar surface area (TPSA) is 52.7 Å². The van der Waals surface area contributed by atoms with Crippen LogP contribution in [0.25, 0.3) is 5.57 Å². The van der Waals surface area contributed by atoms with Crippen molar-refractivity contribution in [3.8, 4) is 0 Å². The number of hydrogen-bond donors (Lipinski definition) is 1. The molecule has 0 unspecified atom stereocenters. The number of benzene rings is 3.